The van der Waals surface area contributed by atoms with Gasteiger partial charge in [-0.25, -0.2) is 0 Å². The molecule has 2 heteroatoms. The van der Waals surface area contributed by atoms with Crippen molar-refractivity contribution in [3.8, 4) is 0 Å². The van der Waals surface area contributed by atoms with Crippen molar-refractivity contribution in [3.05, 3.63) is 95.4 Å². The molecule has 20 heavy (non-hydrogen) atoms. The van der Waals surface area contributed by atoms with Crippen molar-refractivity contribution in [3.63, 3.8) is 0 Å². The van der Waals surface area contributed by atoms with Crippen molar-refractivity contribution in [1.82, 2.24) is 0 Å². The Kier molecular flexibility index (Phi) is 4.03. The van der Waals surface area contributed by atoms with Crippen LogP contribution in [0.4, 0.5) is 0 Å². The van der Waals surface area contributed by atoms with E-state index in [1.54, 1.807) is 12.5 Å². The fourth-order valence-corrected chi connectivity index (χ4v) is 2.81. The van der Waals surface area contributed by atoms with Crippen molar-refractivity contribution in [2.24, 2.45) is 0 Å². The molecule has 1 nitrogen and oxygen atoms in total. The Morgan fingerprint density at radius 1 is 0.800 bits per heavy atom. The van der Waals surface area contributed by atoms with Gasteiger partial charge in [-0.15, -0.1) is 0 Å². The number of hydrogen-bond donors (Lipinski definition) is 0. The van der Waals surface area contributed by atoms with Crippen LogP contribution in [0.2, 0.25) is 0 Å². The Morgan fingerprint density at radius 3 is 2.15 bits per heavy atom. The van der Waals surface area contributed by atoms with Crippen LogP contribution in [0.25, 0.3) is 0 Å². The molecular formula is C18H15BrO. The van der Waals surface area contributed by atoms with E-state index in [2.05, 4.69) is 64.5 Å². The average molecular weight is 327 g/mol. The number of hydrogen-bond acceptors (Lipinski definition) is 1. The summed E-state index contributed by atoms with van der Waals surface area (Å²) in [5.74, 6) is 0. The van der Waals surface area contributed by atoms with Gasteiger partial charge in [0, 0.05) is 5.56 Å². The molecule has 0 bridgehead atoms. The molecule has 1 aromatic heterocycles. The Hall–Kier alpha value is -1.80. The van der Waals surface area contributed by atoms with Crippen LogP contribution in [-0.4, -0.2) is 0 Å². The second kappa shape index (κ2) is 6.10. The van der Waals surface area contributed by atoms with Crippen LogP contribution in [-0.2, 0) is 6.42 Å². The van der Waals surface area contributed by atoms with Gasteiger partial charge in [-0.2, -0.15) is 0 Å². The highest BCUT2D eigenvalue weighted by atomic mass is 79.9. The van der Waals surface area contributed by atoms with Gasteiger partial charge in [0.25, 0.3) is 0 Å². The van der Waals surface area contributed by atoms with E-state index in [1.165, 1.54) is 16.7 Å². The van der Waals surface area contributed by atoms with Crippen LogP contribution in [0.3, 0.4) is 0 Å². The second-order valence-corrected chi connectivity index (χ2v) is 5.74. The second-order valence-electron chi connectivity index (χ2n) is 4.82. The molecule has 0 amide bonds. The standard InChI is InChI=1S/C18H15BrO/c19-18(17-10-11-20-13-17)16-8-6-15(7-9-16)12-14-4-2-1-3-5-14/h1-11,13,18H,12H2. The molecule has 1 atom stereocenters. The molecule has 0 spiro atoms. The number of halogens is 1. The summed E-state index contributed by atoms with van der Waals surface area (Å²) in [7, 11) is 0. The van der Waals surface area contributed by atoms with E-state index in [9.17, 15) is 0 Å². The summed E-state index contributed by atoms with van der Waals surface area (Å²) in [6, 6.07) is 21.2. The van der Waals surface area contributed by atoms with Crippen LogP contribution in [0.1, 0.15) is 27.1 Å². The van der Waals surface area contributed by atoms with Gasteiger partial charge in [-0.1, -0.05) is 70.5 Å². The maximum atomic E-state index is 5.13. The molecule has 2 aromatic carbocycles. The van der Waals surface area contributed by atoms with Gasteiger partial charge in [0.2, 0.25) is 0 Å². The predicted molar refractivity (Wildman–Crippen MR) is 85.2 cm³/mol. The summed E-state index contributed by atoms with van der Waals surface area (Å²) >= 11 is 3.70. The third-order valence-corrected chi connectivity index (χ3v) is 4.42. The molecule has 0 saturated carbocycles. The molecule has 3 aromatic rings. The van der Waals surface area contributed by atoms with Crippen LogP contribution in [0, 0.1) is 0 Å². The van der Waals surface area contributed by atoms with Crippen LogP contribution in [0.15, 0.2) is 77.6 Å². The Morgan fingerprint density at radius 2 is 1.50 bits per heavy atom. The molecule has 0 N–H and O–H groups in total. The van der Waals surface area contributed by atoms with E-state index in [0.29, 0.717) is 0 Å². The van der Waals surface area contributed by atoms with Crippen molar-refractivity contribution in [1.29, 1.82) is 0 Å². The van der Waals surface area contributed by atoms with Gasteiger partial charge in [0.05, 0.1) is 17.4 Å². The first-order chi connectivity index (χ1) is 9.83. The smallest absolute Gasteiger partial charge is 0.0949 e. The zero-order valence-corrected chi connectivity index (χ0v) is 12.6. The SMILES string of the molecule is BrC(c1ccc(Cc2ccccc2)cc1)c1ccoc1. The van der Waals surface area contributed by atoms with E-state index >= 15 is 0 Å². The Bertz CT molecular complexity index is 642. The normalized spacial score (nSPS) is 12.2. The number of rotatable bonds is 4. The van der Waals surface area contributed by atoms with Gasteiger partial charge in [-0.3, -0.25) is 0 Å². The van der Waals surface area contributed by atoms with E-state index in [-0.39, 0.29) is 4.83 Å². The van der Waals surface area contributed by atoms with Gasteiger partial charge in [0.15, 0.2) is 0 Å². The number of alkyl halides is 1. The maximum Gasteiger partial charge on any atom is 0.0949 e. The van der Waals surface area contributed by atoms with Gasteiger partial charge < -0.3 is 4.42 Å². The Balaban J connectivity index is 1.75. The van der Waals surface area contributed by atoms with E-state index in [1.807, 2.05) is 12.1 Å². The molecular weight excluding hydrogens is 312 g/mol. The monoisotopic (exact) mass is 326 g/mol. The lowest BCUT2D eigenvalue weighted by Gasteiger charge is -2.09. The first kappa shape index (κ1) is 13.2. The molecule has 0 saturated heterocycles. The van der Waals surface area contributed by atoms with Gasteiger partial charge >= 0.3 is 0 Å². The summed E-state index contributed by atoms with van der Waals surface area (Å²) in [5, 5.41) is 0. The minimum Gasteiger partial charge on any atom is -0.472 e. The predicted octanol–water partition coefficient (Wildman–Crippen LogP) is 5.35. The molecule has 0 aliphatic rings. The van der Waals surface area contributed by atoms with Gasteiger partial charge in [-0.05, 0) is 29.2 Å². The van der Waals surface area contributed by atoms with Crippen LogP contribution < -0.4 is 0 Å². The quantitative estimate of drug-likeness (QED) is 0.588. The third-order valence-electron chi connectivity index (χ3n) is 3.36. The van der Waals surface area contributed by atoms with E-state index < -0.39 is 0 Å². The topological polar surface area (TPSA) is 13.1 Å². The summed E-state index contributed by atoms with van der Waals surface area (Å²) < 4.78 is 5.13. The molecule has 0 aliphatic carbocycles. The fraction of sp³-hybridized carbons (Fsp3) is 0.111. The lowest BCUT2D eigenvalue weighted by atomic mass is 10.0. The molecule has 3 rings (SSSR count). The summed E-state index contributed by atoms with van der Waals surface area (Å²) in [5.41, 5.74) is 5.04. The zero-order chi connectivity index (χ0) is 13.8. The number of benzene rings is 2. The van der Waals surface area contributed by atoms with Crippen molar-refractivity contribution in [2.75, 3.05) is 0 Å². The molecule has 100 valence electrons. The molecule has 0 radical (unpaired) electrons. The summed E-state index contributed by atoms with van der Waals surface area (Å²) in [6.07, 6.45) is 4.45. The minimum atomic E-state index is 0.187. The molecule has 0 aliphatic heterocycles. The Labute approximate surface area is 127 Å². The van der Waals surface area contributed by atoms with Crippen LogP contribution in [0.5, 0.6) is 0 Å². The highest BCUT2D eigenvalue weighted by molar-refractivity contribution is 9.09. The first-order valence-electron chi connectivity index (χ1n) is 6.62. The highest BCUT2D eigenvalue weighted by Crippen LogP contribution is 2.31. The molecule has 0 fully saturated rings. The average Bonchev–Trinajstić information content (AvgIpc) is 3.03. The lowest BCUT2D eigenvalue weighted by molar-refractivity contribution is 0.564. The largest absolute Gasteiger partial charge is 0.472 e. The summed E-state index contributed by atoms with van der Waals surface area (Å²) in [4.78, 5) is 0.187. The van der Waals surface area contributed by atoms with Crippen molar-refractivity contribution < 1.29 is 4.42 Å². The highest BCUT2D eigenvalue weighted by Gasteiger charge is 2.11. The minimum absolute atomic E-state index is 0.187. The first-order valence-corrected chi connectivity index (χ1v) is 7.53. The lowest BCUT2D eigenvalue weighted by Crippen LogP contribution is -1.92. The zero-order valence-electron chi connectivity index (χ0n) is 11.0. The van der Waals surface area contributed by atoms with Crippen LogP contribution >= 0.6 is 15.9 Å². The van der Waals surface area contributed by atoms with E-state index in [4.69, 9.17) is 4.42 Å². The maximum absolute atomic E-state index is 5.13. The van der Waals surface area contributed by atoms with Gasteiger partial charge in [0.1, 0.15) is 0 Å². The third kappa shape index (κ3) is 3.02. The fourth-order valence-electron chi connectivity index (χ4n) is 2.25. The summed E-state index contributed by atoms with van der Waals surface area (Å²) in [6.45, 7) is 0. The molecule has 1 unspecified atom stereocenters. The molecule has 1 heterocycles. The van der Waals surface area contributed by atoms with Crippen molar-refractivity contribution in [2.45, 2.75) is 11.2 Å². The number of furan rings is 1. The van der Waals surface area contributed by atoms with Crippen molar-refractivity contribution >= 4 is 15.9 Å². The van der Waals surface area contributed by atoms with E-state index in [0.717, 1.165) is 12.0 Å².